The number of fused-ring (bicyclic) bond motifs is 1. The quantitative estimate of drug-likeness (QED) is 0.724. The molecule has 0 aliphatic carbocycles. The number of nitrogens with zero attached hydrogens (tertiary/aromatic N) is 2. The van der Waals surface area contributed by atoms with Crippen molar-refractivity contribution in [1.29, 1.82) is 0 Å². The zero-order chi connectivity index (χ0) is 20.7. The maximum absolute atomic E-state index is 13.2. The Morgan fingerprint density at radius 3 is 2.72 bits per heavy atom. The smallest absolute Gasteiger partial charge is 0.255 e. The number of piperidine rings is 1. The molecule has 29 heavy (non-hydrogen) atoms. The number of carbonyl (C=O) groups excluding carboxylic acids is 4. The van der Waals surface area contributed by atoms with Crippen molar-refractivity contribution in [2.24, 2.45) is 5.92 Å². The first-order chi connectivity index (χ1) is 13.9. The Labute approximate surface area is 169 Å². The van der Waals surface area contributed by atoms with Crippen molar-refractivity contribution >= 4 is 23.6 Å². The lowest BCUT2D eigenvalue weighted by Crippen LogP contribution is -2.55. The van der Waals surface area contributed by atoms with Crippen LogP contribution in [0.5, 0.6) is 0 Å². The summed E-state index contributed by atoms with van der Waals surface area (Å²) in [6.07, 6.45) is 0.548. The summed E-state index contributed by atoms with van der Waals surface area (Å²) in [7, 11) is 0. The molecule has 3 aliphatic rings. The van der Waals surface area contributed by atoms with Crippen molar-refractivity contribution < 1.29 is 19.2 Å². The van der Waals surface area contributed by atoms with Crippen LogP contribution in [0.2, 0.25) is 0 Å². The monoisotopic (exact) mass is 398 g/mol. The molecule has 0 bridgehead atoms. The van der Waals surface area contributed by atoms with Gasteiger partial charge in [-0.15, -0.1) is 0 Å². The van der Waals surface area contributed by atoms with Crippen LogP contribution in [0.4, 0.5) is 0 Å². The van der Waals surface area contributed by atoms with Crippen molar-refractivity contribution in [2.45, 2.75) is 45.3 Å². The molecular weight excluding hydrogens is 372 g/mol. The molecule has 4 amide bonds. The Morgan fingerprint density at radius 2 is 2.00 bits per heavy atom. The van der Waals surface area contributed by atoms with Gasteiger partial charge in [0.15, 0.2) is 0 Å². The zero-order valence-electron chi connectivity index (χ0n) is 16.7. The van der Waals surface area contributed by atoms with Gasteiger partial charge in [0.1, 0.15) is 6.04 Å². The Kier molecular flexibility index (Phi) is 5.12. The molecule has 2 N–H and O–H groups in total. The first-order valence-electron chi connectivity index (χ1n) is 10.2. The molecule has 2 saturated heterocycles. The molecule has 0 aromatic heterocycles. The molecule has 8 nitrogen and oxygen atoms in total. The Balaban J connectivity index is 1.55. The van der Waals surface area contributed by atoms with Gasteiger partial charge in [-0.05, 0) is 30.0 Å². The summed E-state index contributed by atoms with van der Waals surface area (Å²) >= 11 is 0. The van der Waals surface area contributed by atoms with Crippen molar-refractivity contribution in [1.82, 2.24) is 20.4 Å². The maximum Gasteiger partial charge on any atom is 0.255 e. The molecule has 8 heteroatoms. The summed E-state index contributed by atoms with van der Waals surface area (Å²) in [6.45, 7) is 6.66. The van der Waals surface area contributed by atoms with E-state index in [1.165, 1.54) is 4.90 Å². The minimum Gasteiger partial charge on any atom is -0.333 e. The van der Waals surface area contributed by atoms with Gasteiger partial charge >= 0.3 is 0 Å². The van der Waals surface area contributed by atoms with Crippen LogP contribution in [0.15, 0.2) is 18.2 Å². The van der Waals surface area contributed by atoms with Crippen molar-refractivity contribution in [3.8, 4) is 0 Å². The summed E-state index contributed by atoms with van der Waals surface area (Å²) in [5.41, 5.74) is 1.77. The van der Waals surface area contributed by atoms with Crippen LogP contribution >= 0.6 is 0 Å². The average Bonchev–Trinajstić information content (AvgIpc) is 3.03. The van der Waals surface area contributed by atoms with Crippen LogP contribution in [-0.4, -0.2) is 65.1 Å². The number of piperazine rings is 1. The highest BCUT2D eigenvalue weighted by molar-refractivity contribution is 6.06. The van der Waals surface area contributed by atoms with Crippen LogP contribution in [-0.2, 0) is 16.1 Å². The second-order valence-corrected chi connectivity index (χ2v) is 8.29. The normalized spacial score (nSPS) is 24.7. The number of imide groups is 1. The van der Waals surface area contributed by atoms with Gasteiger partial charge in [0.2, 0.25) is 11.8 Å². The number of hydrogen-bond acceptors (Lipinski definition) is 5. The van der Waals surface area contributed by atoms with E-state index < -0.39 is 11.9 Å². The average molecular weight is 398 g/mol. The van der Waals surface area contributed by atoms with Crippen LogP contribution < -0.4 is 10.6 Å². The van der Waals surface area contributed by atoms with Gasteiger partial charge in [0.25, 0.3) is 11.8 Å². The van der Waals surface area contributed by atoms with E-state index >= 15 is 0 Å². The molecule has 1 aromatic carbocycles. The van der Waals surface area contributed by atoms with E-state index in [1.54, 1.807) is 18.2 Å². The van der Waals surface area contributed by atoms with Gasteiger partial charge in [0, 0.05) is 49.8 Å². The number of carbonyl (C=O) groups is 4. The fraction of sp³-hybridized carbons (Fsp3) is 0.524. The van der Waals surface area contributed by atoms with Gasteiger partial charge in [-0.3, -0.25) is 24.5 Å². The number of nitrogens with one attached hydrogen (secondary N) is 2. The van der Waals surface area contributed by atoms with Gasteiger partial charge in [0.05, 0.1) is 0 Å². The third kappa shape index (κ3) is 3.53. The summed E-state index contributed by atoms with van der Waals surface area (Å²) in [4.78, 5) is 53.1. The Morgan fingerprint density at radius 1 is 1.21 bits per heavy atom. The topological polar surface area (TPSA) is 98.8 Å². The maximum atomic E-state index is 13.2. The number of amides is 4. The molecule has 0 spiro atoms. The van der Waals surface area contributed by atoms with E-state index in [0.29, 0.717) is 36.6 Å². The summed E-state index contributed by atoms with van der Waals surface area (Å²) in [6, 6.07) is 4.69. The van der Waals surface area contributed by atoms with Gasteiger partial charge in [-0.1, -0.05) is 19.9 Å². The van der Waals surface area contributed by atoms with Gasteiger partial charge in [-0.2, -0.15) is 0 Å². The predicted octanol–water partition coefficient (Wildman–Crippen LogP) is 0.518. The largest absolute Gasteiger partial charge is 0.333 e. The highest BCUT2D eigenvalue weighted by Gasteiger charge is 2.39. The van der Waals surface area contributed by atoms with E-state index in [-0.39, 0.29) is 30.2 Å². The second kappa shape index (κ2) is 7.59. The van der Waals surface area contributed by atoms with Crippen LogP contribution in [0.3, 0.4) is 0 Å². The molecular formula is C21H26N4O4. The molecule has 0 saturated carbocycles. The molecule has 2 unspecified atom stereocenters. The number of rotatable bonds is 3. The molecule has 154 valence electrons. The van der Waals surface area contributed by atoms with E-state index in [1.807, 2.05) is 4.90 Å². The fourth-order valence-electron chi connectivity index (χ4n) is 4.43. The summed E-state index contributed by atoms with van der Waals surface area (Å²) in [5.74, 6) is -0.741. The van der Waals surface area contributed by atoms with Crippen molar-refractivity contribution in [2.75, 3.05) is 19.6 Å². The highest BCUT2D eigenvalue weighted by Crippen LogP contribution is 2.29. The van der Waals surface area contributed by atoms with Gasteiger partial charge < -0.3 is 15.1 Å². The molecule has 4 rings (SSSR count). The summed E-state index contributed by atoms with van der Waals surface area (Å²) in [5, 5.41) is 5.64. The Hall–Kier alpha value is -2.74. The molecule has 3 aliphatic heterocycles. The van der Waals surface area contributed by atoms with Crippen molar-refractivity contribution in [3.63, 3.8) is 0 Å². The van der Waals surface area contributed by atoms with E-state index in [4.69, 9.17) is 0 Å². The third-order valence-corrected chi connectivity index (χ3v) is 6.09. The third-order valence-electron chi connectivity index (χ3n) is 6.09. The molecule has 3 heterocycles. The predicted molar refractivity (Wildman–Crippen MR) is 105 cm³/mol. The van der Waals surface area contributed by atoms with E-state index in [2.05, 4.69) is 24.5 Å². The van der Waals surface area contributed by atoms with E-state index in [9.17, 15) is 19.2 Å². The first kappa shape index (κ1) is 19.6. The number of hydrogen-bond donors (Lipinski definition) is 2. The fourth-order valence-corrected chi connectivity index (χ4v) is 4.43. The van der Waals surface area contributed by atoms with Gasteiger partial charge in [-0.25, -0.2) is 0 Å². The lowest BCUT2D eigenvalue weighted by atomic mass is 9.98. The lowest BCUT2D eigenvalue weighted by molar-refractivity contribution is -0.136. The molecule has 2 fully saturated rings. The molecule has 1 aromatic rings. The minimum atomic E-state index is -0.648. The minimum absolute atomic E-state index is 0.0692. The van der Waals surface area contributed by atoms with Crippen LogP contribution in [0.1, 0.15) is 53.0 Å². The van der Waals surface area contributed by atoms with Crippen LogP contribution in [0.25, 0.3) is 0 Å². The highest BCUT2D eigenvalue weighted by atomic mass is 16.2. The summed E-state index contributed by atoms with van der Waals surface area (Å²) < 4.78 is 0. The molecule has 2 atom stereocenters. The lowest BCUT2D eigenvalue weighted by Gasteiger charge is -2.38. The second-order valence-electron chi connectivity index (χ2n) is 8.29. The van der Waals surface area contributed by atoms with E-state index in [0.717, 1.165) is 18.7 Å². The first-order valence-corrected chi connectivity index (χ1v) is 10.2. The van der Waals surface area contributed by atoms with Crippen molar-refractivity contribution in [3.05, 3.63) is 34.9 Å². The Bertz CT molecular complexity index is 881. The standard InChI is InChI=1S/C21H26N4O4/c1-12(2)17-10-22-7-8-24(17)20(28)13-3-4-14-11-25(21(29)15(14)9-13)16-5-6-18(26)23-19(16)27/h3-4,9,12,16-17,22H,5-8,10-11H2,1-2H3,(H,23,26,27). The SMILES string of the molecule is CC(C)C1CNCCN1C(=O)c1ccc2c(c1)C(=O)N(C1CCC(=O)NC1=O)C2. The zero-order valence-corrected chi connectivity index (χ0v) is 16.7. The van der Waals surface area contributed by atoms with Crippen LogP contribution in [0, 0.1) is 5.92 Å². The molecule has 0 radical (unpaired) electrons. The number of benzene rings is 1.